The predicted octanol–water partition coefficient (Wildman–Crippen LogP) is 3.32. The van der Waals surface area contributed by atoms with Crippen LogP contribution in [0.15, 0.2) is 0 Å². The molecule has 3 heteroatoms. The Morgan fingerprint density at radius 2 is 1.94 bits per heavy atom. The highest BCUT2D eigenvalue weighted by atomic mass is 16.6. The van der Waals surface area contributed by atoms with E-state index < -0.39 is 0 Å². The van der Waals surface area contributed by atoms with Gasteiger partial charge >= 0.3 is 5.97 Å². The van der Waals surface area contributed by atoms with Crippen molar-refractivity contribution in [2.45, 2.75) is 64.9 Å². The fourth-order valence-electron chi connectivity index (χ4n) is 2.23. The topological polar surface area (TPSA) is 35.5 Å². The summed E-state index contributed by atoms with van der Waals surface area (Å²) in [5.41, 5.74) is 0. The van der Waals surface area contributed by atoms with E-state index >= 15 is 0 Å². The first-order valence-electron chi connectivity index (χ1n) is 7.06. The molecule has 0 saturated carbocycles. The molecule has 0 radical (unpaired) electrons. The van der Waals surface area contributed by atoms with Crippen molar-refractivity contribution < 1.29 is 14.3 Å². The number of carbonyl (C=O) groups excluding carboxylic acids is 1. The van der Waals surface area contributed by atoms with Gasteiger partial charge in [0, 0.05) is 12.8 Å². The summed E-state index contributed by atoms with van der Waals surface area (Å²) < 4.78 is 10.8. The molecule has 1 saturated heterocycles. The minimum absolute atomic E-state index is 0.0206. The number of esters is 1. The van der Waals surface area contributed by atoms with Crippen LogP contribution in [0, 0.1) is 5.92 Å². The smallest absolute Gasteiger partial charge is 0.309 e. The fraction of sp³-hybridized carbons (Fsp3) is 0.929. The van der Waals surface area contributed by atoms with E-state index in [9.17, 15) is 4.79 Å². The van der Waals surface area contributed by atoms with Gasteiger partial charge in [-0.2, -0.15) is 0 Å². The number of ether oxygens (including phenoxy) is 2. The lowest BCUT2D eigenvalue weighted by molar-refractivity contribution is -0.158. The van der Waals surface area contributed by atoms with E-state index in [-0.39, 0.29) is 18.0 Å². The minimum Gasteiger partial charge on any atom is -0.462 e. The van der Waals surface area contributed by atoms with Crippen LogP contribution < -0.4 is 0 Å². The van der Waals surface area contributed by atoms with E-state index in [0.29, 0.717) is 0 Å². The number of unbranched alkanes of at least 4 members (excludes halogenated alkanes) is 1. The Morgan fingerprint density at radius 1 is 1.24 bits per heavy atom. The Labute approximate surface area is 105 Å². The lowest BCUT2D eigenvalue weighted by Crippen LogP contribution is -2.29. The van der Waals surface area contributed by atoms with Gasteiger partial charge in [0.25, 0.3) is 0 Å². The van der Waals surface area contributed by atoms with Crippen molar-refractivity contribution in [1.29, 1.82) is 0 Å². The van der Waals surface area contributed by atoms with Crippen molar-refractivity contribution in [2.75, 3.05) is 13.2 Å². The summed E-state index contributed by atoms with van der Waals surface area (Å²) in [6.07, 6.45) is 7.07. The van der Waals surface area contributed by atoms with E-state index in [1.165, 1.54) is 0 Å². The maximum atomic E-state index is 12.0. The molecule has 0 amide bonds. The van der Waals surface area contributed by atoms with Gasteiger partial charge in [0.15, 0.2) is 0 Å². The van der Waals surface area contributed by atoms with Gasteiger partial charge in [-0.05, 0) is 12.8 Å². The Kier molecular flexibility index (Phi) is 7.25. The Balaban J connectivity index is 2.34. The van der Waals surface area contributed by atoms with Crippen molar-refractivity contribution in [3.05, 3.63) is 0 Å². The molecule has 0 aromatic rings. The normalized spacial score (nSPS) is 18.9. The standard InChI is InChI=1S/C14H26O3/c1-3-5-7-12(6-4-2)14(15)17-13-8-10-16-11-9-13/h12-13H,3-11H2,1-2H3. The average molecular weight is 242 g/mol. The molecule has 0 spiro atoms. The molecule has 1 unspecified atom stereocenters. The molecule has 17 heavy (non-hydrogen) atoms. The first-order valence-corrected chi connectivity index (χ1v) is 7.06. The summed E-state index contributed by atoms with van der Waals surface area (Å²) >= 11 is 0. The molecule has 0 aromatic carbocycles. The highest BCUT2D eigenvalue weighted by molar-refractivity contribution is 5.72. The molecule has 0 aromatic heterocycles. The third-order valence-electron chi connectivity index (χ3n) is 3.33. The van der Waals surface area contributed by atoms with Gasteiger partial charge < -0.3 is 9.47 Å². The summed E-state index contributed by atoms with van der Waals surface area (Å²) in [7, 11) is 0. The zero-order chi connectivity index (χ0) is 12.5. The van der Waals surface area contributed by atoms with Gasteiger partial charge in [-0.3, -0.25) is 4.79 Å². The molecule has 3 nitrogen and oxygen atoms in total. The van der Waals surface area contributed by atoms with Crippen molar-refractivity contribution in [3.63, 3.8) is 0 Å². The number of hydrogen-bond donors (Lipinski definition) is 0. The summed E-state index contributed by atoms with van der Waals surface area (Å²) in [5, 5.41) is 0. The van der Waals surface area contributed by atoms with Gasteiger partial charge in [-0.15, -0.1) is 0 Å². The predicted molar refractivity (Wildman–Crippen MR) is 67.9 cm³/mol. The maximum absolute atomic E-state index is 12.0. The van der Waals surface area contributed by atoms with Crippen molar-refractivity contribution in [2.24, 2.45) is 5.92 Å². The SMILES string of the molecule is CCCCC(CCC)C(=O)OC1CCOCC1. The summed E-state index contributed by atoms with van der Waals surface area (Å²) in [6.45, 7) is 5.74. The van der Waals surface area contributed by atoms with E-state index in [0.717, 1.165) is 58.2 Å². The van der Waals surface area contributed by atoms with Crippen LogP contribution in [0.25, 0.3) is 0 Å². The van der Waals surface area contributed by atoms with Gasteiger partial charge in [-0.1, -0.05) is 33.1 Å². The van der Waals surface area contributed by atoms with Gasteiger partial charge in [-0.25, -0.2) is 0 Å². The molecule has 100 valence electrons. The van der Waals surface area contributed by atoms with E-state index in [1.54, 1.807) is 0 Å². The quantitative estimate of drug-likeness (QED) is 0.642. The highest BCUT2D eigenvalue weighted by Gasteiger charge is 2.23. The monoisotopic (exact) mass is 242 g/mol. The van der Waals surface area contributed by atoms with Crippen LogP contribution in [0.4, 0.5) is 0 Å². The second-order valence-corrected chi connectivity index (χ2v) is 4.88. The molecule has 0 N–H and O–H groups in total. The molecular weight excluding hydrogens is 216 g/mol. The first kappa shape index (κ1) is 14.5. The molecule has 1 atom stereocenters. The zero-order valence-electron chi connectivity index (χ0n) is 11.2. The molecule has 1 aliphatic heterocycles. The zero-order valence-corrected chi connectivity index (χ0v) is 11.2. The lowest BCUT2D eigenvalue weighted by atomic mass is 9.97. The van der Waals surface area contributed by atoms with Crippen LogP contribution in [0.2, 0.25) is 0 Å². The van der Waals surface area contributed by atoms with Crippen molar-refractivity contribution in [1.82, 2.24) is 0 Å². The summed E-state index contributed by atoms with van der Waals surface area (Å²) in [4.78, 5) is 12.0. The second-order valence-electron chi connectivity index (χ2n) is 4.88. The number of carbonyl (C=O) groups is 1. The van der Waals surface area contributed by atoms with Crippen LogP contribution in [-0.4, -0.2) is 25.3 Å². The molecule has 1 fully saturated rings. The minimum atomic E-state index is 0.0206. The van der Waals surface area contributed by atoms with Crippen LogP contribution in [-0.2, 0) is 14.3 Å². The lowest BCUT2D eigenvalue weighted by Gasteiger charge is -2.24. The largest absolute Gasteiger partial charge is 0.462 e. The first-order chi connectivity index (χ1) is 8.27. The number of hydrogen-bond acceptors (Lipinski definition) is 3. The van der Waals surface area contributed by atoms with Gasteiger partial charge in [0.2, 0.25) is 0 Å². The summed E-state index contributed by atoms with van der Waals surface area (Å²) in [5.74, 6) is 0.134. The average Bonchev–Trinajstić information content (AvgIpc) is 2.35. The summed E-state index contributed by atoms with van der Waals surface area (Å²) in [6, 6.07) is 0. The van der Waals surface area contributed by atoms with Crippen LogP contribution in [0.1, 0.15) is 58.8 Å². The number of rotatable bonds is 7. The van der Waals surface area contributed by atoms with Crippen LogP contribution in [0.5, 0.6) is 0 Å². The van der Waals surface area contributed by atoms with E-state index in [4.69, 9.17) is 9.47 Å². The molecular formula is C14H26O3. The van der Waals surface area contributed by atoms with Gasteiger partial charge in [0.05, 0.1) is 19.1 Å². The molecule has 1 rings (SSSR count). The van der Waals surface area contributed by atoms with E-state index in [1.807, 2.05) is 0 Å². The van der Waals surface area contributed by atoms with Crippen LogP contribution in [0.3, 0.4) is 0 Å². The Bertz CT molecular complexity index is 210. The molecule has 0 bridgehead atoms. The van der Waals surface area contributed by atoms with E-state index in [2.05, 4.69) is 13.8 Å². The van der Waals surface area contributed by atoms with Crippen molar-refractivity contribution >= 4 is 5.97 Å². The highest BCUT2D eigenvalue weighted by Crippen LogP contribution is 2.20. The third-order valence-corrected chi connectivity index (χ3v) is 3.33. The Hall–Kier alpha value is -0.570. The fourth-order valence-corrected chi connectivity index (χ4v) is 2.23. The molecule has 1 aliphatic rings. The van der Waals surface area contributed by atoms with Gasteiger partial charge in [0.1, 0.15) is 6.10 Å². The van der Waals surface area contributed by atoms with Crippen LogP contribution >= 0.6 is 0 Å². The van der Waals surface area contributed by atoms with Crippen molar-refractivity contribution in [3.8, 4) is 0 Å². The molecule has 0 aliphatic carbocycles. The molecule has 1 heterocycles. The Morgan fingerprint density at radius 3 is 2.53 bits per heavy atom. The third kappa shape index (κ3) is 5.53. The second kappa shape index (κ2) is 8.51. The maximum Gasteiger partial charge on any atom is 0.309 e.